The lowest BCUT2D eigenvalue weighted by Gasteiger charge is -2.19. The van der Waals surface area contributed by atoms with Crippen LogP contribution in [0.2, 0.25) is 5.02 Å². The fraction of sp³-hybridized carbons (Fsp3) is 0.538. The molecule has 5 heteroatoms. The fourth-order valence-corrected chi connectivity index (χ4v) is 3.24. The second-order valence-corrected chi connectivity index (χ2v) is 5.64. The first-order valence-electron chi connectivity index (χ1n) is 6.17. The number of halogens is 3. The Morgan fingerprint density at radius 1 is 1.50 bits per heavy atom. The molecule has 1 N–H and O–H groups in total. The summed E-state index contributed by atoms with van der Waals surface area (Å²) in [7, 11) is 0. The van der Waals surface area contributed by atoms with Crippen LogP contribution >= 0.6 is 27.5 Å². The van der Waals surface area contributed by atoms with Crippen LogP contribution in [-0.4, -0.2) is 12.6 Å². The van der Waals surface area contributed by atoms with Crippen molar-refractivity contribution in [1.29, 1.82) is 0 Å². The lowest BCUT2D eigenvalue weighted by atomic mass is 10.00. The van der Waals surface area contributed by atoms with Gasteiger partial charge in [-0.25, -0.2) is 4.39 Å². The van der Waals surface area contributed by atoms with Crippen molar-refractivity contribution >= 4 is 27.5 Å². The van der Waals surface area contributed by atoms with Crippen LogP contribution in [0, 0.1) is 5.82 Å². The van der Waals surface area contributed by atoms with E-state index in [9.17, 15) is 4.39 Å². The van der Waals surface area contributed by atoms with E-state index in [1.807, 2.05) is 6.92 Å². The third-order valence-corrected chi connectivity index (χ3v) is 3.97. The van der Waals surface area contributed by atoms with Gasteiger partial charge in [-0.15, -0.1) is 0 Å². The SMILES string of the molecule is CCCC1Oc2c(Br)cc(Cl)c(F)c2C1NCC. The molecule has 100 valence electrons. The van der Waals surface area contributed by atoms with E-state index >= 15 is 0 Å². The second-order valence-electron chi connectivity index (χ2n) is 4.38. The number of hydrogen-bond donors (Lipinski definition) is 1. The highest BCUT2D eigenvalue weighted by molar-refractivity contribution is 9.10. The minimum absolute atomic E-state index is 0.0331. The van der Waals surface area contributed by atoms with E-state index in [0.717, 1.165) is 19.4 Å². The number of ether oxygens (including phenoxy) is 1. The topological polar surface area (TPSA) is 21.3 Å². The fourth-order valence-electron chi connectivity index (χ4n) is 2.36. The molecule has 0 amide bonds. The average molecular weight is 337 g/mol. The highest BCUT2D eigenvalue weighted by atomic mass is 79.9. The monoisotopic (exact) mass is 335 g/mol. The molecule has 1 aromatic rings. The zero-order valence-corrected chi connectivity index (χ0v) is 12.7. The van der Waals surface area contributed by atoms with Gasteiger partial charge in [-0.05, 0) is 35.0 Å². The van der Waals surface area contributed by atoms with Gasteiger partial charge < -0.3 is 10.1 Å². The molecule has 0 bridgehead atoms. The minimum Gasteiger partial charge on any atom is -0.487 e. The molecule has 0 saturated carbocycles. The maximum Gasteiger partial charge on any atom is 0.150 e. The van der Waals surface area contributed by atoms with E-state index in [1.165, 1.54) is 0 Å². The summed E-state index contributed by atoms with van der Waals surface area (Å²) in [6.07, 6.45) is 1.85. The van der Waals surface area contributed by atoms with Gasteiger partial charge in [0.2, 0.25) is 0 Å². The summed E-state index contributed by atoms with van der Waals surface area (Å²) < 4.78 is 20.8. The first kappa shape index (κ1) is 14.1. The van der Waals surface area contributed by atoms with Gasteiger partial charge in [-0.3, -0.25) is 0 Å². The molecular weight excluding hydrogens is 321 g/mol. The van der Waals surface area contributed by atoms with Gasteiger partial charge in [0.05, 0.1) is 21.1 Å². The number of benzene rings is 1. The molecule has 0 spiro atoms. The normalized spacial score (nSPS) is 21.8. The Bertz CT molecular complexity index is 455. The Kier molecular flexibility index (Phi) is 4.51. The van der Waals surface area contributed by atoms with Crippen molar-refractivity contribution in [2.45, 2.75) is 38.8 Å². The third kappa shape index (κ3) is 2.38. The van der Waals surface area contributed by atoms with E-state index in [2.05, 4.69) is 28.2 Å². The number of fused-ring (bicyclic) bond motifs is 1. The van der Waals surface area contributed by atoms with Crippen LogP contribution in [0.5, 0.6) is 5.75 Å². The van der Waals surface area contributed by atoms with E-state index in [-0.39, 0.29) is 23.0 Å². The Morgan fingerprint density at radius 3 is 2.83 bits per heavy atom. The van der Waals surface area contributed by atoms with E-state index in [0.29, 0.717) is 15.8 Å². The van der Waals surface area contributed by atoms with Gasteiger partial charge in [0.15, 0.2) is 0 Å². The molecule has 2 rings (SSSR count). The summed E-state index contributed by atoms with van der Waals surface area (Å²) in [6, 6.07) is 1.42. The predicted molar refractivity (Wildman–Crippen MR) is 74.9 cm³/mol. The lowest BCUT2D eigenvalue weighted by Crippen LogP contribution is -2.31. The van der Waals surface area contributed by atoms with Gasteiger partial charge in [0.25, 0.3) is 0 Å². The quantitative estimate of drug-likeness (QED) is 0.820. The molecule has 18 heavy (non-hydrogen) atoms. The van der Waals surface area contributed by atoms with Crippen molar-refractivity contribution in [2.24, 2.45) is 0 Å². The molecule has 1 aliphatic heterocycles. The molecule has 2 atom stereocenters. The lowest BCUT2D eigenvalue weighted by molar-refractivity contribution is 0.178. The molecule has 0 radical (unpaired) electrons. The molecule has 2 unspecified atom stereocenters. The number of likely N-dealkylation sites (N-methyl/N-ethyl adjacent to an activating group) is 1. The van der Waals surface area contributed by atoms with E-state index in [4.69, 9.17) is 16.3 Å². The summed E-state index contributed by atoms with van der Waals surface area (Å²) >= 11 is 9.29. The van der Waals surface area contributed by atoms with Crippen LogP contribution in [-0.2, 0) is 0 Å². The smallest absolute Gasteiger partial charge is 0.150 e. The molecule has 1 aromatic carbocycles. The van der Waals surface area contributed by atoms with Crippen molar-refractivity contribution in [1.82, 2.24) is 5.32 Å². The maximum atomic E-state index is 14.2. The van der Waals surface area contributed by atoms with Crippen LogP contribution in [0.3, 0.4) is 0 Å². The minimum atomic E-state index is -0.376. The van der Waals surface area contributed by atoms with Crippen molar-refractivity contribution in [3.05, 3.63) is 26.9 Å². The molecule has 0 fully saturated rings. The largest absolute Gasteiger partial charge is 0.487 e. The Balaban J connectivity index is 2.46. The summed E-state index contributed by atoms with van der Waals surface area (Å²) in [6.45, 7) is 4.85. The molecule has 2 nitrogen and oxygen atoms in total. The van der Waals surface area contributed by atoms with Gasteiger partial charge in [-0.1, -0.05) is 31.9 Å². The molecule has 1 aliphatic rings. The van der Waals surface area contributed by atoms with Crippen LogP contribution in [0.4, 0.5) is 4.39 Å². The average Bonchev–Trinajstić information content (AvgIpc) is 2.67. The summed E-state index contributed by atoms with van der Waals surface area (Å²) in [4.78, 5) is 0. The van der Waals surface area contributed by atoms with Crippen molar-refractivity contribution in [2.75, 3.05) is 6.54 Å². The number of hydrogen-bond acceptors (Lipinski definition) is 2. The summed E-state index contributed by atoms with van der Waals surface area (Å²) in [5.74, 6) is 0.209. The van der Waals surface area contributed by atoms with Crippen LogP contribution in [0.15, 0.2) is 10.5 Å². The van der Waals surface area contributed by atoms with Crippen LogP contribution < -0.4 is 10.1 Å². The highest BCUT2D eigenvalue weighted by Crippen LogP contribution is 2.46. The van der Waals surface area contributed by atoms with Crippen LogP contribution in [0.25, 0.3) is 0 Å². The van der Waals surface area contributed by atoms with E-state index in [1.54, 1.807) is 6.07 Å². The Labute approximate surface area is 120 Å². The predicted octanol–water partition coefficient (Wildman–Crippen LogP) is 4.45. The zero-order valence-electron chi connectivity index (χ0n) is 10.4. The maximum absolute atomic E-state index is 14.2. The molecule has 0 saturated heterocycles. The van der Waals surface area contributed by atoms with Crippen molar-refractivity contribution < 1.29 is 9.13 Å². The Morgan fingerprint density at radius 2 is 2.22 bits per heavy atom. The first-order chi connectivity index (χ1) is 8.60. The van der Waals surface area contributed by atoms with Gasteiger partial charge >= 0.3 is 0 Å². The van der Waals surface area contributed by atoms with E-state index < -0.39 is 0 Å². The Hall–Kier alpha value is -0.320. The summed E-state index contributed by atoms with van der Waals surface area (Å²) in [5.41, 5.74) is 0.551. The molecule has 0 aliphatic carbocycles. The summed E-state index contributed by atoms with van der Waals surface area (Å²) in [5, 5.41) is 3.42. The zero-order chi connectivity index (χ0) is 13.3. The van der Waals surface area contributed by atoms with Gasteiger partial charge in [0.1, 0.15) is 17.7 Å². The molecule has 0 aromatic heterocycles. The molecular formula is C13H16BrClFNO. The van der Waals surface area contributed by atoms with Crippen molar-refractivity contribution in [3.63, 3.8) is 0 Å². The van der Waals surface area contributed by atoms with Crippen LogP contribution in [0.1, 0.15) is 38.3 Å². The number of rotatable bonds is 4. The van der Waals surface area contributed by atoms with Gasteiger partial charge in [-0.2, -0.15) is 0 Å². The first-order valence-corrected chi connectivity index (χ1v) is 7.34. The second kappa shape index (κ2) is 5.76. The van der Waals surface area contributed by atoms with Gasteiger partial charge in [0, 0.05) is 0 Å². The standard InChI is InChI=1S/C13H16BrClFNO/c1-3-5-9-12(17-4-2)10-11(16)8(15)6-7(14)13(10)18-9/h6,9,12,17H,3-5H2,1-2H3. The highest BCUT2D eigenvalue weighted by Gasteiger charge is 2.38. The molecule has 1 heterocycles. The third-order valence-electron chi connectivity index (χ3n) is 3.11. The number of nitrogens with one attached hydrogen (secondary N) is 1. The van der Waals surface area contributed by atoms with Crippen molar-refractivity contribution in [3.8, 4) is 5.75 Å².